The number of carbonyl (C=O) groups excluding carboxylic acids is 1. The Bertz CT molecular complexity index is 612. The molecule has 0 fully saturated rings. The van der Waals surface area contributed by atoms with Crippen LogP contribution in [-0.4, -0.2) is 5.78 Å². The summed E-state index contributed by atoms with van der Waals surface area (Å²) in [5, 5.41) is 0. The van der Waals surface area contributed by atoms with Gasteiger partial charge in [-0.15, -0.1) is 0 Å². The van der Waals surface area contributed by atoms with Crippen molar-refractivity contribution in [1.82, 2.24) is 0 Å². The molecule has 110 valence electrons. The lowest BCUT2D eigenvalue weighted by molar-refractivity contribution is 0.103. The number of rotatable bonds is 5. The molecule has 0 bridgehead atoms. The highest BCUT2D eigenvalue weighted by atomic mass is 16.1. The Balaban J connectivity index is 2.28. The van der Waals surface area contributed by atoms with Crippen molar-refractivity contribution in [2.45, 2.75) is 47.0 Å². The maximum atomic E-state index is 12.7. The number of ketones is 1. The second-order valence-corrected chi connectivity index (χ2v) is 5.90. The van der Waals surface area contributed by atoms with Gasteiger partial charge in [0.2, 0.25) is 0 Å². The van der Waals surface area contributed by atoms with Crippen LogP contribution >= 0.6 is 0 Å². The summed E-state index contributed by atoms with van der Waals surface area (Å²) in [6.07, 6.45) is 3.49. The minimum Gasteiger partial charge on any atom is -0.289 e. The third-order valence-corrected chi connectivity index (χ3v) is 3.94. The van der Waals surface area contributed by atoms with Crippen molar-refractivity contribution in [3.8, 4) is 0 Å². The van der Waals surface area contributed by atoms with Crippen LogP contribution in [0.5, 0.6) is 0 Å². The van der Waals surface area contributed by atoms with Gasteiger partial charge >= 0.3 is 0 Å². The molecule has 0 aliphatic carbocycles. The highest BCUT2D eigenvalue weighted by molar-refractivity contribution is 6.10. The first-order valence-corrected chi connectivity index (χ1v) is 7.74. The summed E-state index contributed by atoms with van der Waals surface area (Å²) in [6.45, 7) is 8.29. The molecular weight excluding hydrogens is 256 g/mol. The van der Waals surface area contributed by atoms with E-state index in [9.17, 15) is 4.79 Å². The van der Waals surface area contributed by atoms with Crippen LogP contribution < -0.4 is 0 Å². The molecule has 0 spiro atoms. The van der Waals surface area contributed by atoms with Crippen LogP contribution in [0.25, 0.3) is 0 Å². The Morgan fingerprint density at radius 3 is 2.05 bits per heavy atom. The average molecular weight is 280 g/mol. The van der Waals surface area contributed by atoms with Crippen molar-refractivity contribution in [3.05, 3.63) is 69.8 Å². The van der Waals surface area contributed by atoms with E-state index >= 15 is 0 Å². The summed E-state index contributed by atoms with van der Waals surface area (Å²) in [4.78, 5) is 12.7. The van der Waals surface area contributed by atoms with Gasteiger partial charge in [-0.05, 0) is 50.3 Å². The van der Waals surface area contributed by atoms with Gasteiger partial charge in [-0.25, -0.2) is 0 Å². The van der Waals surface area contributed by atoms with Crippen LogP contribution in [0.3, 0.4) is 0 Å². The maximum Gasteiger partial charge on any atom is 0.193 e. The second kappa shape index (κ2) is 6.71. The quantitative estimate of drug-likeness (QED) is 0.689. The van der Waals surface area contributed by atoms with Crippen molar-refractivity contribution in [3.63, 3.8) is 0 Å². The Labute approximate surface area is 128 Å². The van der Waals surface area contributed by atoms with E-state index in [1.807, 2.05) is 26.0 Å². The normalized spacial score (nSPS) is 10.7. The van der Waals surface area contributed by atoms with E-state index in [-0.39, 0.29) is 5.78 Å². The zero-order chi connectivity index (χ0) is 15.4. The van der Waals surface area contributed by atoms with Crippen LogP contribution in [-0.2, 0) is 6.42 Å². The number of hydrogen-bond donors (Lipinski definition) is 0. The molecule has 0 heterocycles. The summed E-state index contributed by atoms with van der Waals surface area (Å²) >= 11 is 0. The molecule has 2 aromatic carbocycles. The fourth-order valence-corrected chi connectivity index (χ4v) is 2.89. The number of hydrogen-bond acceptors (Lipinski definition) is 1. The predicted molar refractivity (Wildman–Crippen MR) is 89.1 cm³/mol. The number of benzene rings is 2. The molecule has 0 aliphatic heterocycles. The lowest BCUT2D eigenvalue weighted by Crippen LogP contribution is -2.07. The molecule has 21 heavy (non-hydrogen) atoms. The standard InChI is InChI=1S/C20H24O/c1-5-6-7-17-8-10-18(11-9-17)20(21)19-15(3)12-14(2)13-16(19)4/h8-13H,5-7H2,1-4H3. The number of unbranched alkanes of at least 4 members (excludes halogenated alkanes) is 1. The Kier molecular flexibility index (Phi) is 4.95. The van der Waals surface area contributed by atoms with Crippen LogP contribution in [0.4, 0.5) is 0 Å². The largest absolute Gasteiger partial charge is 0.289 e. The van der Waals surface area contributed by atoms with Crippen molar-refractivity contribution in [1.29, 1.82) is 0 Å². The molecule has 0 amide bonds. The zero-order valence-electron chi connectivity index (χ0n) is 13.5. The van der Waals surface area contributed by atoms with Crippen LogP contribution in [0.15, 0.2) is 36.4 Å². The first-order valence-electron chi connectivity index (χ1n) is 7.74. The van der Waals surface area contributed by atoms with Crippen molar-refractivity contribution < 1.29 is 4.79 Å². The first kappa shape index (κ1) is 15.5. The van der Waals surface area contributed by atoms with Gasteiger partial charge in [-0.3, -0.25) is 4.79 Å². The highest BCUT2D eigenvalue weighted by Crippen LogP contribution is 2.20. The molecule has 2 aromatic rings. The summed E-state index contributed by atoms with van der Waals surface area (Å²) in [6, 6.07) is 12.3. The lowest BCUT2D eigenvalue weighted by Gasteiger charge is -2.11. The monoisotopic (exact) mass is 280 g/mol. The van der Waals surface area contributed by atoms with E-state index in [1.54, 1.807) is 0 Å². The Morgan fingerprint density at radius 1 is 0.952 bits per heavy atom. The molecule has 0 unspecified atom stereocenters. The zero-order valence-corrected chi connectivity index (χ0v) is 13.5. The lowest BCUT2D eigenvalue weighted by atomic mass is 9.92. The molecule has 0 N–H and O–H groups in total. The molecule has 0 saturated carbocycles. The van der Waals surface area contributed by atoms with E-state index in [0.29, 0.717) is 0 Å². The van der Waals surface area contributed by atoms with Crippen LogP contribution in [0, 0.1) is 20.8 Å². The fraction of sp³-hybridized carbons (Fsp3) is 0.350. The molecule has 1 nitrogen and oxygen atoms in total. The third-order valence-electron chi connectivity index (χ3n) is 3.94. The third kappa shape index (κ3) is 3.60. The van der Waals surface area contributed by atoms with Gasteiger partial charge in [0.05, 0.1) is 0 Å². The van der Waals surface area contributed by atoms with E-state index in [1.165, 1.54) is 24.0 Å². The number of carbonyl (C=O) groups is 1. The van der Waals surface area contributed by atoms with Crippen LogP contribution in [0.1, 0.15) is 57.9 Å². The first-order chi connectivity index (χ1) is 10.0. The molecule has 0 saturated heterocycles. The summed E-state index contributed by atoms with van der Waals surface area (Å²) in [7, 11) is 0. The highest BCUT2D eigenvalue weighted by Gasteiger charge is 2.14. The number of aryl methyl sites for hydroxylation is 4. The Hall–Kier alpha value is -1.89. The van der Waals surface area contributed by atoms with Crippen LogP contribution in [0.2, 0.25) is 0 Å². The van der Waals surface area contributed by atoms with E-state index < -0.39 is 0 Å². The molecule has 2 rings (SSSR count). The molecule has 0 atom stereocenters. The van der Waals surface area contributed by atoms with Crippen molar-refractivity contribution >= 4 is 5.78 Å². The predicted octanol–water partition coefficient (Wildman–Crippen LogP) is 5.19. The molecule has 0 aromatic heterocycles. The SMILES string of the molecule is CCCCc1ccc(C(=O)c2c(C)cc(C)cc2C)cc1. The smallest absolute Gasteiger partial charge is 0.193 e. The van der Waals surface area contributed by atoms with Gasteiger partial charge in [0.1, 0.15) is 0 Å². The van der Waals surface area contributed by atoms with E-state index in [0.717, 1.165) is 28.7 Å². The summed E-state index contributed by atoms with van der Waals surface area (Å²) < 4.78 is 0. The fourth-order valence-electron chi connectivity index (χ4n) is 2.89. The average Bonchev–Trinajstić information content (AvgIpc) is 2.44. The van der Waals surface area contributed by atoms with Gasteiger partial charge in [0.25, 0.3) is 0 Å². The molecule has 0 radical (unpaired) electrons. The van der Waals surface area contributed by atoms with Gasteiger partial charge in [-0.1, -0.05) is 55.3 Å². The van der Waals surface area contributed by atoms with E-state index in [4.69, 9.17) is 0 Å². The van der Waals surface area contributed by atoms with Crippen molar-refractivity contribution in [2.24, 2.45) is 0 Å². The molecule has 1 heteroatoms. The molecular formula is C20H24O. The van der Waals surface area contributed by atoms with Gasteiger partial charge in [-0.2, -0.15) is 0 Å². The topological polar surface area (TPSA) is 17.1 Å². The van der Waals surface area contributed by atoms with Gasteiger partial charge in [0.15, 0.2) is 5.78 Å². The van der Waals surface area contributed by atoms with Crippen molar-refractivity contribution in [2.75, 3.05) is 0 Å². The minimum atomic E-state index is 0.132. The van der Waals surface area contributed by atoms with E-state index in [2.05, 4.69) is 38.1 Å². The summed E-state index contributed by atoms with van der Waals surface area (Å²) in [5.41, 5.74) is 6.27. The summed E-state index contributed by atoms with van der Waals surface area (Å²) in [5.74, 6) is 0.132. The van der Waals surface area contributed by atoms with Gasteiger partial charge in [0, 0.05) is 11.1 Å². The Morgan fingerprint density at radius 2 is 1.52 bits per heavy atom. The maximum absolute atomic E-state index is 12.7. The second-order valence-electron chi connectivity index (χ2n) is 5.90. The molecule has 0 aliphatic rings. The van der Waals surface area contributed by atoms with Gasteiger partial charge < -0.3 is 0 Å². The minimum absolute atomic E-state index is 0.132.